The van der Waals surface area contributed by atoms with E-state index in [1.54, 1.807) is 0 Å². The molecule has 0 aromatic heterocycles. The molecule has 29 heavy (non-hydrogen) atoms. The lowest BCUT2D eigenvalue weighted by molar-refractivity contribution is 0.324. The van der Waals surface area contributed by atoms with Gasteiger partial charge in [0.2, 0.25) is 0 Å². The highest BCUT2D eigenvalue weighted by atomic mass is 31.2. The van der Waals surface area contributed by atoms with E-state index in [4.69, 9.17) is 0 Å². The van der Waals surface area contributed by atoms with E-state index < -0.39 is 7.41 Å². The minimum Gasteiger partial charge on any atom is -0.250 e. The first-order chi connectivity index (χ1) is 13.7. The third-order valence-corrected chi connectivity index (χ3v) is 11.9. The molecule has 0 heterocycles. The van der Waals surface area contributed by atoms with Crippen LogP contribution in [0.25, 0.3) is 0 Å². The zero-order valence-electron chi connectivity index (χ0n) is 19.4. The largest absolute Gasteiger partial charge is 0.250 e. The van der Waals surface area contributed by atoms with Crippen molar-refractivity contribution in [2.75, 3.05) is 0 Å². The molecule has 0 aliphatic carbocycles. The van der Waals surface area contributed by atoms with Crippen LogP contribution in [0.2, 0.25) is 0 Å². The first-order valence-corrected chi connectivity index (χ1v) is 13.6. The third kappa shape index (κ3) is 5.56. The van der Waals surface area contributed by atoms with Crippen molar-refractivity contribution in [2.45, 2.75) is 79.6 Å². The Morgan fingerprint density at radius 3 is 1.31 bits per heavy atom. The molecule has 2 aromatic carbocycles. The van der Waals surface area contributed by atoms with Crippen LogP contribution in [0.15, 0.2) is 60.7 Å². The highest BCUT2D eigenvalue weighted by Crippen LogP contribution is 2.60. The van der Waals surface area contributed by atoms with Gasteiger partial charge in [-0.05, 0) is 79.7 Å². The quantitative estimate of drug-likeness (QED) is 0.424. The summed E-state index contributed by atoms with van der Waals surface area (Å²) in [6.07, 6.45) is 0. The molecule has 0 bridgehead atoms. The standard InChI is InChI=1S/C25H39N2P2/c1-20(2)26(21(3)4)28-19-29(24-15-11-9-12-16-24,25-17-13-10-14-18-25)27(22(5)6)23(7)8/h9-23H,1-8H3/q+1. The van der Waals surface area contributed by atoms with Crippen molar-refractivity contribution in [3.05, 3.63) is 60.7 Å². The highest BCUT2D eigenvalue weighted by molar-refractivity contribution is 8.04. The lowest BCUT2D eigenvalue weighted by Gasteiger charge is -2.40. The van der Waals surface area contributed by atoms with Gasteiger partial charge in [0.25, 0.3) is 0 Å². The molecule has 0 fully saturated rings. The smallest absolute Gasteiger partial charge is 0.179 e. The van der Waals surface area contributed by atoms with Crippen molar-refractivity contribution in [3.8, 4) is 0 Å². The summed E-state index contributed by atoms with van der Waals surface area (Å²) in [7, 11) is -0.605. The summed E-state index contributed by atoms with van der Waals surface area (Å²) in [5.74, 6) is 0. The fraction of sp³-hybridized carbons (Fsp3) is 0.480. The molecule has 2 nitrogen and oxygen atoms in total. The van der Waals surface area contributed by atoms with Gasteiger partial charge < -0.3 is 0 Å². The summed E-state index contributed by atoms with van der Waals surface area (Å²) in [5, 5.41) is 2.88. The van der Waals surface area contributed by atoms with Crippen LogP contribution in [0.5, 0.6) is 0 Å². The third-order valence-electron chi connectivity index (χ3n) is 5.13. The zero-order chi connectivity index (χ0) is 21.6. The second kappa shape index (κ2) is 10.8. The monoisotopic (exact) mass is 429 g/mol. The van der Waals surface area contributed by atoms with Gasteiger partial charge in [-0.2, -0.15) is 4.67 Å². The molecule has 0 saturated carbocycles. The maximum atomic E-state index is 2.77. The van der Waals surface area contributed by atoms with Crippen LogP contribution in [0.4, 0.5) is 0 Å². The molecule has 0 N–H and O–H groups in total. The van der Waals surface area contributed by atoms with E-state index in [2.05, 4.69) is 131 Å². The van der Waals surface area contributed by atoms with Gasteiger partial charge in [-0.25, -0.2) is 4.67 Å². The Balaban J connectivity index is 2.83. The van der Waals surface area contributed by atoms with E-state index >= 15 is 0 Å². The number of rotatable bonds is 9. The van der Waals surface area contributed by atoms with Gasteiger partial charge in [0.05, 0.1) is 0 Å². The molecule has 2 rings (SSSR count). The summed E-state index contributed by atoms with van der Waals surface area (Å²) in [4.78, 5) is 0. The van der Waals surface area contributed by atoms with Crippen LogP contribution in [-0.2, 0) is 0 Å². The summed E-state index contributed by atoms with van der Waals surface area (Å²) < 4.78 is 5.34. The van der Waals surface area contributed by atoms with Gasteiger partial charge in [-0.1, -0.05) is 36.4 Å². The van der Waals surface area contributed by atoms with Crippen LogP contribution in [0.1, 0.15) is 55.4 Å². The van der Waals surface area contributed by atoms with E-state index in [0.717, 1.165) is 0 Å². The first kappa shape index (κ1) is 24.2. The van der Waals surface area contributed by atoms with E-state index in [-0.39, 0.29) is 0 Å². The minimum atomic E-state index is -1.90. The molecule has 0 atom stereocenters. The van der Waals surface area contributed by atoms with E-state index in [1.165, 1.54) is 19.0 Å². The average molecular weight is 430 g/mol. The second-order valence-electron chi connectivity index (χ2n) is 8.72. The Morgan fingerprint density at radius 2 is 1.00 bits per heavy atom. The van der Waals surface area contributed by atoms with E-state index in [1.807, 2.05) is 0 Å². The van der Waals surface area contributed by atoms with Crippen molar-refractivity contribution in [3.63, 3.8) is 0 Å². The van der Waals surface area contributed by atoms with E-state index in [0.29, 0.717) is 24.2 Å². The van der Waals surface area contributed by atoms with Crippen molar-refractivity contribution in [2.24, 2.45) is 0 Å². The second-order valence-corrected chi connectivity index (χ2v) is 13.2. The summed E-state index contributed by atoms with van der Waals surface area (Å²) in [6, 6.07) is 24.3. The molecule has 0 radical (unpaired) electrons. The molecule has 2 aromatic rings. The van der Waals surface area contributed by atoms with Crippen molar-refractivity contribution >= 4 is 31.9 Å². The zero-order valence-corrected chi connectivity index (χ0v) is 21.2. The van der Waals surface area contributed by atoms with Gasteiger partial charge in [-0.3, -0.25) is 0 Å². The topological polar surface area (TPSA) is 6.48 Å². The first-order valence-electron chi connectivity index (χ1n) is 10.8. The molecular weight excluding hydrogens is 390 g/mol. The molecule has 0 aliphatic heterocycles. The maximum Gasteiger partial charge on any atom is 0.179 e. The van der Waals surface area contributed by atoms with Crippen LogP contribution in [0.3, 0.4) is 0 Å². The van der Waals surface area contributed by atoms with Gasteiger partial charge in [0, 0.05) is 32.5 Å². The Bertz CT molecular complexity index is 699. The van der Waals surface area contributed by atoms with Crippen LogP contribution >= 0.6 is 15.8 Å². The Labute approximate surface area is 181 Å². The van der Waals surface area contributed by atoms with Crippen LogP contribution in [0, 0.1) is 0 Å². The fourth-order valence-corrected chi connectivity index (χ4v) is 10.9. The molecule has 0 amide bonds. The number of hydrogen-bond acceptors (Lipinski definition) is 2. The van der Waals surface area contributed by atoms with Gasteiger partial charge >= 0.3 is 0 Å². The Hall–Kier alpha value is -1.04. The van der Waals surface area contributed by atoms with Gasteiger partial charge in [-0.15, -0.1) is 0 Å². The van der Waals surface area contributed by atoms with Gasteiger partial charge in [0.1, 0.15) is 16.1 Å². The molecule has 158 valence electrons. The lowest BCUT2D eigenvalue weighted by atomic mass is 10.3. The molecule has 4 heteroatoms. The summed E-state index contributed by atoms with van der Waals surface area (Å²) in [6.45, 7) is 18.6. The van der Waals surface area contributed by atoms with Crippen LogP contribution < -0.4 is 10.6 Å². The average Bonchev–Trinajstić information content (AvgIpc) is 2.67. The number of benzene rings is 2. The van der Waals surface area contributed by atoms with Crippen molar-refractivity contribution in [1.82, 2.24) is 9.34 Å². The lowest BCUT2D eigenvalue weighted by Crippen LogP contribution is -2.45. The Morgan fingerprint density at radius 1 is 0.621 bits per heavy atom. The molecule has 0 aliphatic rings. The summed E-state index contributed by atoms with van der Waals surface area (Å²) >= 11 is 0. The highest BCUT2D eigenvalue weighted by Gasteiger charge is 2.50. The van der Waals surface area contributed by atoms with Crippen molar-refractivity contribution in [1.29, 1.82) is 0 Å². The maximum absolute atomic E-state index is 2.77. The molecule has 0 saturated heterocycles. The SMILES string of the molecule is CC(C)N(P=C[P+](c1ccccc1)(c1ccccc1)N(C(C)C)C(C)C)C(C)C. The van der Waals surface area contributed by atoms with Crippen molar-refractivity contribution < 1.29 is 0 Å². The normalized spacial score (nSPS) is 13.2. The fourth-order valence-electron chi connectivity index (χ4n) is 4.24. The van der Waals surface area contributed by atoms with E-state index in [9.17, 15) is 0 Å². The molecule has 0 spiro atoms. The number of nitrogens with zero attached hydrogens (tertiary/aromatic N) is 2. The molecular formula is C25H39N2P2+. The predicted octanol–water partition coefficient (Wildman–Crippen LogP) is 6.43. The Kier molecular flexibility index (Phi) is 9.05. The summed E-state index contributed by atoms with van der Waals surface area (Å²) in [5.41, 5.74) is 2.64. The van der Waals surface area contributed by atoms with Gasteiger partial charge in [0.15, 0.2) is 7.41 Å². The molecule has 0 unspecified atom stereocenters. The predicted molar refractivity (Wildman–Crippen MR) is 136 cm³/mol. The minimum absolute atomic E-state index is 0.446. The van der Waals surface area contributed by atoms with Crippen LogP contribution in [-0.4, -0.2) is 39.0 Å². The number of hydrogen-bond donors (Lipinski definition) is 0.